The van der Waals surface area contributed by atoms with Gasteiger partial charge >= 0.3 is 0 Å². The first-order valence-corrected chi connectivity index (χ1v) is 5.23. The Kier molecular flexibility index (Phi) is 4.82. The van der Waals surface area contributed by atoms with Gasteiger partial charge in [0.05, 0.1) is 7.11 Å². The molecule has 0 aliphatic carbocycles. The number of hydrogen-bond donors (Lipinski definition) is 0. The fraction of sp³-hybridized carbons (Fsp3) is 0.455. The molecule has 1 aromatic carbocycles. The molecule has 0 saturated carbocycles. The Bertz CT molecular complexity index is 315. The minimum Gasteiger partial charge on any atom is -0.496 e. The molecule has 0 aliphatic heterocycles. The van der Waals surface area contributed by atoms with E-state index in [2.05, 4.69) is 0 Å². The second kappa shape index (κ2) is 5.91. The van der Waals surface area contributed by atoms with Crippen LogP contribution in [-0.4, -0.2) is 13.0 Å². The molecule has 0 spiro atoms. The van der Waals surface area contributed by atoms with Crippen LogP contribution in [0.1, 0.15) is 24.0 Å². The molecule has 15 heavy (non-hydrogen) atoms. The second-order valence-electron chi connectivity index (χ2n) is 3.16. The zero-order valence-electron chi connectivity index (χ0n) is 8.47. The van der Waals surface area contributed by atoms with Gasteiger partial charge in [-0.05, 0) is 36.6 Å². The maximum Gasteiger partial charge on any atom is 0.263 e. The molecule has 0 bridgehead atoms. The SMILES string of the molecule is COc1ccc(C(F)F)cc1CCCCl. The normalized spacial score (nSPS) is 10.7. The zero-order valence-corrected chi connectivity index (χ0v) is 9.23. The molecule has 0 heterocycles. The first-order valence-electron chi connectivity index (χ1n) is 4.70. The molecular formula is C11H13ClF2O. The molecule has 0 radical (unpaired) electrons. The van der Waals surface area contributed by atoms with Gasteiger partial charge in [-0.3, -0.25) is 0 Å². The van der Waals surface area contributed by atoms with E-state index in [1.807, 2.05) is 0 Å². The summed E-state index contributed by atoms with van der Waals surface area (Å²) in [5, 5.41) is 0. The lowest BCUT2D eigenvalue weighted by atomic mass is 10.1. The summed E-state index contributed by atoms with van der Waals surface area (Å²) in [7, 11) is 1.53. The minimum absolute atomic E-state index is 0.0281. The van der Waals surface area contributed by atoms with Crippen LogP contribution in [0.2, 0.25) is 0 Å². The second-order valence-corrected chi connectivity index (χ2v) is 3.54. The van der Waals surface area contributed by atoms with E-state index in [9.17, 15) is 8.78 Å². The van der Waals surface area contributed by atoms with Crippen molar-refractivity contribution in [3.63, 3.8) is 0 Å². The fourth-order valence-electron chi connectivity index (χ4n) is 1.39. The van der Waals surface area contributed by atoms with E-state index in [4.69, 9.17) is 16.3 Å². The van der Waals surface area contributed by atoms with Crippen molar-refractivity contribution in [1.82, 2.24) is 0 Å². The van der Waals surface area contributed by atoms with Gasteiger partial charge in [0.25, 0.3) is 6.43 Å². The number of rotatable bonds is 5. The Hall–Kier alpha value is -0.830. The van der Waals surface area contributed by atoms with Gasteiger partial charge in [-0.1, -0.05) is 0 Å². The fourth-order valence-corrected chi connectivity index (χ4v) is 1.52. The summed E-state index contributed by atoms with van der Waals surface area (Å²) in [6.45, 7) is 0. The van der Waals surface area contributed by atoms with E-state index in [1.165, 1.54) is 19.2 Å². The van der Waals surface area contributed by atoms with Crippen LogP contribution < -0.4 is 4.74 Å². The molecule has 84 valence electrons. The Morgan fingerprint density at radius 3 is 2.67 bits per heavy atom. The summed E-state index contributed by atoms with van der Waals surface area (Å²) in [5.74, 6) is 1.16. The quantitative estimate of drug-likeness (QED) is 0.704. The van der Waals surface area contributed by atoms with Gasteiger partial charge < -0.3 is 4.74 Å². The molecule has 0 amide bonds. The van der Waals surface area contributed by atoms with Gasteiger partial charge in [0.2, 0.25) is 0 Å². The predicted molar refractivity (Wildman–Crippen MR) is 57.0 cm³/mol. The van der Waals surface area contributed by atoms with Gasteiger partial charge in [0.15, 0.2) is 0 Å². The molecule has 0 fully saturated rings. The average molecular weight is 235 g/mol. The summed E-state index contributed by atoms with van der Waals surface area (Å²) >= 11 is 5.56. The standard InChI is InChI=1S/C11H13ClF2O/c1-15-10-5-4-9(11(13)14)7-8(10)3-2-6-12/h4-5,7,11H,2-3,6H2,1H3. The zero-order chi connectivity index (χ0) is 11.3. The molecule has 0 saturated heterocycles. The van der Waals surface area contributed by atoms with Gasteiger partial charge in [-0.25, -0.2) is 8.78 Å². The predicted octanol–water partition coefficient (Wildman–Crippen LogP) is 3.80. The van der Waals surface area contributed by atoms with Crippen LogP contribution in [0.25, 0.3) is 0 Å². The van der Waals surface area contributed by atoms with Crippen molar-refractivity contribution in [3.8, 4) is 5.75 Å². The smallest absolute Gasteiger partial charge is 0.263 e. The van der Waals surface area contributed by atoms with Gasteiger partial charge in [-0.15, -0.1) is 11.6 Å². The van der Waals surface area contributed by atoms with E-state index in [0.29, 0.717) is 18.1 Å². The minimum atomic E-state index is -2.44. The monoisotopic (exact) mass is 234 g/mol. The Balaban J connectivity index is 2.91. The van der Waals surface area contributed by atoms with Crippen molar-refractivity contribution < 1.29 is 13.5 Å². The summed E-state index contributed by atoms with van der Waals surface area (Å²) in [5.41, 5.74) is 0.816. The van der Waals surface area contributed by atoms with E-state index in [1.54, 1.807) is 6.07 Å². The highest BCUT2D eigenvalue weighted by molar-refractivity contribution is 6.17. The van der Waals surface area contributed by atoms with Gasteiger partial charge in [0, 0.05) is 11.4 Å². The molecule has 0 atom stereocenters. The average Bonchev–Trinajstić information content (AvgIpc) is 2.25. The lowest BCUT2D eigenvalue weighted by Crippen LogP contribution is -1.95. The largest absolute Gasteiger partial charge is 0.496 e. The van der Waals surface area contributed by atoms with Crippen LogP contribution in [0.4, 0.5) is 8.78 Å². The van der Waals surface area contributed by atoms with E-state index < -0.39 is 6.43 Å². The maximum absolute atomic E-state index is 12.4. The first kappa shape index (κ1) is 12.2. The Morgan fingerprint density at radius 2 is 2.13 bits per heavy atom. The van der Waals surface area contributed by atoms with Crippen LogP contribution in [0.5, 0.6) is 5.75 Å². The van der Waals surface area contributed by atoms with Crippen LogP contribution >= 0.6 is 11.6 Å². The number of hydrogen-bond acceptors (Lipinski definition) is 1. The molecule has 1 aromatic rings. The number of alkyl halides is 3. The van der Waals surface area contributed by atoms with Crippen molar-refractivity contribution in [2.45, 2.75) is 19.3 Å². The summed E-state index contributed by atoms with van der Waals surface area (Å²) in [6.07, 6.45) is -1.02. The van der Waals surface area contributed by atoms with Crippen LogP contribution in [0, 0.1) is 0 Å². The highest BCUT2D eigenvalue weighted by Crippen LogP contribution is 2.26. The Labute approximate surface area is 93.0 Å². The molecule has 0 unspecified atom stereocenters. The highest BCUT2D eigenvalue weighted by atomic mass is 35.5. The number of methoxy groups -OCH3 is 1. The maximum atomic E-state index is 12.4. The van der Waals surface area contributed by atoms with Gasteiger partial charge in [0.1, 0.15) is 5.75 Å². The molecule has 0 aromatic heterocycles. The summed E-state index contributed by atoms with van der Waals surface area (Å²) < 4.78 is 30.0. The van der Waals surface area contributed by atoms with Crippen molar-refractivity contribution in [1.29, 1.82) is 0 Å². The third kappa shape index (κ3) is 3.34. The topological polar surface area (TPSA) is 9.23 Å². The molecule has 0 aliphatic rings. The molecule has 4 heteroatoms. The summed E-state index contributed by atoms with van der Waals surface area (Å²) in [6, 6.07) is 4.44. The lowest BCUT2D eigenvalue weighted by Gasteiger charge is -2.09. The molecule has 0 N–H and O–H groups in total. The van der Waals surface area contributed by atoms with Crippen LogP contribution in [0.3, 0.4) is 0 Å². The van der Waals surface area contributed by atoms with Crippen molar-refractivity contribution in [2.24, 2.45) is 0 Å². The third-order valence-electron chi connectivity index (χ3n) is 2.14. The van der Waals surface area contributed by atoms with E-state index in [0.717, 1.165) is 12.0 Å². The number of ether oxygens (including phenoxy) is 1. The number of aryl methyl sites for hydroxylation is 1. The van der Waals surface area contributed by atoms with Crippen molar-refractivity contribution in [2.75, 3.05) is 13.0 Å². The van der Waals surface area contributed by atoms with Crippen LogP contribution in [0.15, 0.2) is 18.2 Å². The Morgan fingerprint density at radius 1 is 1.40 bits per heavy atom. The van der Waals surface area contributed by atoms with E-state index >= 15 is 0 Å². The molecule has 1 nitrogen and oxygen atoms in total. The van der Waals surface area contributed by atoms with Crippen molar-refractivity contribution in [3.05, 3.63) is 29.3 Å². The molecule has 1 rings (SSSR count). The van der Waals surface area contributed by atoms with Crippen molar-refractivity contribution >= 4 is 11.6 Å². The first-order chi connectivity index (χ1) is 7.19. The highest BCUT2D eigenvalue weighted by Gasteiger charge is 2.10. The third-order valence-corrected chi connectivity index (χ3v) is 2.40. The molecular weight excluding hydrogens is 222 g/mol. The lowest BCUT2D eigenvalue weighted by molar-refractivity contribution is 0.151. The number of benzene rings is 1. The van der Waals surface area contributed by atoms with Crippen LogP contribution in [-0.2, 0) is 6.42 Å². The van der Waals surface area contributed by atoms with E-state index in [-0.39, 0.29) is 5.56 Å². The summed E-state index contributed by atoms with van der Waals surface area (Å²) in [4.78, 5) is 0. The van der Waals surface area contributed by atoms with Gasteiger partial charge in [-0.2, -0.15) is 0 Å². The number of halogens is 3.